The molecule has 0 saturated heterocycles. The molecule has 20 heavy (non-hydrogen) atoms. The van der Waals surface area contributed by atoms with Gasteiger partial charge < -0.3 is 5.32 Å². The lowest BCUT2D eigenvalue weighted by molar-refractivity contribution is -0.126. The van der Waals surface area contributed by atoms with Crippen LogP contribution in [0.2, 0.25) is 0 Å². The molecule has 1 aromatic rings. The first-order valence-electron chi connectivity index (χ1n) is 6.76. The molecule has 1 amide bonds. The number of thiazole rings is 1. The van der Waals surface area contributed by atoms with Crippen molar-refractivity contribution in [2.45, 2.75) is 39.5 Å². The van der Waals surface area contributed by atoms with Gasteiger partial charge in [0.05, 0.1) is 16.5 Å². The summed E-state index contributed by atoms with van der Waals surface area (Å²) in [6.45, 7) is 3.34. The summed E-state index contributed by atoms with van der Waals surface area (Å²) >= 11 is 1.18. The fourth-order valence-corrected chi connectivity index (χ4v) is 3.65. The highest BCUT2D eigenvalue weighted by Crippen LogP contribution is 2.49. The van der Waals surface area contributed by atoms with E-state index in [-0.39, 0.29) is 22.9 Å². The molecule has 3 rings (SSSR count). The van der Waals surface area contributed by atoms with Gasteiger partial charge in [-0.15, -0.1) is 0 Å². The number of aromatic nitrogens is 1. The van der Waals surface area contributed by atoms with Gasteiger partial charge in [0, 0.05) is 12.3 Å². The van der Waals surface area contributed by atoms with Gasteiger partial charge in [0.1, 0.15) is 5.78 Å². The number of ketones is 2. The third-order valence-electron chi connectivity index (χ3n) is 4.10. The van der Waals surface area contributed by atoms with Crippen molar-refractivity contribution in [3.05, 3.63) is 10.6 Å². The number of anilines is 1. The minimum atomic E-state index is -0.513. The molecule has 1 fully saturated rings. The van der Waals surface area contributed by atoms with Crippen LogP contribution in [0.25, 0.3) is 0 Å². The van der Waals surface area contributed by atoms with Crippen molar-refractivity contribution in [3.8, 4) is 0 Å². The van der Waals surface area contributed by atoms with E-state index in [1.54, 1.807) is 0 Å². The zero-order valence-corrected chi connectivity index (χ0v) is 12.3. The largest absolute Gasteiger partial charge is 0.302 e. The van der Waals surface area contributed by atoms with Crippen LogP contribution in [0.5, 0.6) is 0 Å². The van der Waals surface area contributed by atoms with Crippen molar-refractivity contribution in [3.63, 3.8) is 0 Å². The fraction of sp³-hybridized carbons (Fsp3) is 0.571. The maximum absolute atomic E-state index is 12.5. The van der Waals surface area contributed by atoms with Crippen LogP contribution in [-0.2, 0) is 16.0 Å². The molecule has 0 spiro atoms. The number of aryl methyl sites for hydroxylation is 1. The molecule has 5 nitrogen and oxygen atoms in total. The number of nitrogens with zero attached hydrogens (tertiary/aromatic N) is 1. The molecule has 2 aliphatic carbocycles. The van der Waals surface area contributed by atoms with Crippen LogP contribution < -0.4 is 5.32 Å². The number of Topliss-reactive ketones (excluding diaryl/α,β-unsaturated/α-hetero) is 2. The summed E-state index contributed by atoms with van der Waals surface area (Å²) in [6.07, 6.45) is 2.96. The highest BCUT2D eigenvalue weighted by atomic mass is 32.1. The number of nitrogens with one attached hydrogen (secondary N) is 1. The smallest absolute Gasteiger partial charge is 0.223 e. The summed E-state index contributed by atoms with van der Waals surface area (Å²) < 4.78 is 0. The van der Waals surface area contributed by atoms with Crippen LogP contribution in [0.3, 0.4) is 0 Å². The lowest BCUT2D eigenvalue weighted by atomic mass is 9.81. The van der Waals surface area contributed by atoms with E-state index >= 15 is 0 Å². The third-order valence-corrected chi connectivity index (χ3v) is 5.13. The molecule has 2 aliphatic rings. The number of amides is 1. The summed E-state index contributed by atoms with van der Waals surface area (Å²) in [5.41, 5.74) is 0.442. The van der Waals surface area contributed by atoms with E-state index < -0.39 is 5.92 Å². The Balaban J connectivity index is 1.85. The number of fused-ring (bicyclic) bond motifs is 1. The van der Waals surface area contributed by atoms with Gasteiger partial charge in [-0.05, 0) is 25.7 Å². The second-order valence-corrected chi connectivity index (χ2v) is 6.86. The van der Waals surface area contributed by atoms with E-state index in [2.05, 4.69) is 10.3 Å². The number of hydrogen-bond donors (Lipinski definition) is 1. The van der Waals surface area contributed by atoms with E-state index in [9.17, 15) is 14.4 Å². The van der Waals surface area contributed by atoms with E-state index in [0.29, 0.717) is 28.5 Å². The molecule has 106 valence electrons. The second-order valence-electron chi connectivity index (χ2n) is 5.86. The van der Waals surface area contributed by atoms with Gasteiger partial charge in [0.25, 0.3) is 0 Å². The highest BCUT2D eigenvalue weighted by molar-refractivity contribution is 7.17. The maximum Gasteiger partial charge on any atom is 0.223 e. The van der Waals surface area contributed by atoms with E-state index in [0.717, 1.165) is 12.8 Å². The van der Waals surface area contributed by atoms with Gasteiger partial charge in [-0.25, -0.2) is 4.98 Å². The van der Waals surface area contributed by atoms with Crippen molar-refractivity contribution in [1.29, 1.82) is 0 Å². The zero-order valence-electron chi connectivity index (χ0n) is 11.5. The molecular weight excluding hydrogens is 276 g/mol. The average molecular weight is 292 g/mol. The normalized spacial score (nSPS) is 23.1. The Kier molecular flexibility index (Phi) is 3.01. The van der Waals surface area contributed by atoms with E-state index in [1.165, 1.54) is 18.3 Å². The first-order chi connectivity index (χ1) is 9.40. The minimum absolute atomic E-state index is 0.0858. The molecular formula is C14H16N2O3S. The van der Waals surface area contributed by atoms with E-state index in [1.807, 2.05) is 6.92 Å². The van der Waals surface area contributed by atoms with Crippen LogP contribution in [0.4, 0.5) is 5.13 Å². The summed E-state index contributed by atoms with van der Waals surface area (Å²) in [5.74, 6) is -0.747. The third kappa shape index (κ3) is 2.18. The molecule has 0 bridgehead atoms. The Labute approximate surface area is 120 Å². The summed E-state index contributed by atoms with van der Waals surface area (Å²) in [5, 5.41) is 3.05. The molecule has 6 heteroatoms. The van der Waals surface area contributed by atoms with Crippen molar-refractivity contribution >= 4 is 33.9 Å². The molecule has 0 aliphatic heterocycles. The van der Waals surface area contributed by atoms with Crippen molar-refractivity contribution in [2.75, 3.05) is 5.32 Å². The zero-order chi connectivity index (χ0) is 14.5. The highest BCUT2D eigenvalue weighted by Gasteiger charge is 2.50. The maximum atomic E-state index is 12.5. The number of rotatable bonds is 3. The minimum Gasteiger partial charge on any atom is -0.302 e. The van der Waals surface area contributed by atoms with Crippen LogP contribution in [0.15, 0.2) is 0 Å². The molecule has 1 unspecified atom stereocenters. The first-order valence-corrected chi connectivity index (χ1v) is 7.58. The average Bonchev–Trinajstić information content (AvgIpc) is 2.98. The Bertz CT molecular complexity index is 616. The Hall–Kier alpha value is -1.56. The van der Waals surface area contributed by atoms with Gasteiger partial charge in [0.2, 0.25) is 5.91 Å². The van der Waals surface area contributed by atoms with Gasteiger partial charge in [-0.3, -0.25) is 14.4 Å². The van der Waals surface area contributed by atoms with Crippen LogP contribution in [0, 0.1) is 11.3 Å². The second kappa shape index (κ2) is 4.48. The predicted molar refractivity (Wildman–Crippen MR) is 74.9 cm³/mol. The Morgan fingerprint density at radius 2 is 2.10 bits per heavy atom. The van der Waals surface area contributed by atoms with Crippen molar-refractivity contribution in [2.24, 2.45) is 11.3 Å². The van der Waals surface area contributed by atoms with Crippen molar-refractivity contribution in [1.82, 2.24) is 4.98 Å². The quantitative estimate of drug-likeness (QED) is 0.867. The molecule has 0 aromatic carbocycles. The topological polar surface area (TPSA) is 76.1 Å². The first kappa shape index (κ1) is 13.4. The SMILES string of the molecule is CC(=O)Nc1nc2c(s1)C(=O)C(C(=O)C1(C)CC1)CC2. The summed E-state index contributed by atoms with van der Waals surface area (Å²) in [7, 11) is 0. The van der Waals surface area contributed by atoms with Crippen molar-refractivity contribution < 1.29 is 14.4 Å². The number of carbonyl (C=O) groups is 3. The monoisotopic (exact) mass is 292 g/mol. The van der Waals surface area contributed by atoms with Gasteiger partial charge >= 0.3 is 0 Å². The molecule has 0 radical (unpaired) electrons. The van der Waals surface area contributed by atoms with Crippen LogP contribution in [0.1, 0.15) is 48.5 Å². The van der Waals surface area contributed by atoms with Gasteiger partial charge in [-0.1, -0.05) is 18.3 Å². The molecule has 1 aromatic heterocycles. The number of carbonyl (C=O) groups excluding carboxylic acids is 3. The Morgan fingerprint density at radius 3 is 2.70 bits per heavy atom. The molecule has 1 saturated carbocycles. The summed E-state index contributed by atoms with van der Waals surface area (Å²) in [6, 6.07) is 0. The van der Waals surface area contributed by atoms with Gasteiger partial charge in [-0.2, -0.15) is 0 Å². The molecule has 1 atom stereocenters. The van der Waals surface area contributed by atoms with Crippen LogP contribution >= 0.6 is 11.3 Å². The fourth-order valence-electron chi connectivity index (χ4n) is 2.59. The predicted octanol–water partition coefficient (Wildman–Crippen LogP) is 2.22. The lowest BCUT2D eigenvalue weighted by Gasteiger charge is -2.21. The lowest BCUT2D eigenvalue weighted by Crippen LogP contribution is -2.33. The van der Waals surface area contributed by atoms with Crippen LogP contribution in [-0.4, -0.2) is 22.5 Å². The van der Waals surface area contributed by atoms with Gasteiger partial charge in [0.15, 0.2) is 10.9 Å². The number of hydrogen-bond acceptors (Lipinski definition) is 5. The molecule has 1 N–H and O–H groups in total. The Morgan fingerprint density at radius 1 is 1.40 bits per heavy atom. The standard InChI is InChI=1S/C14H16N2O3S/c1-7(17)15-13-16-9-4-3-8(10(18)11(9)20-13)12(19)14(2)5-6-14/h8H,3-6H2,1-2H3,(H,15,16,17). The molecule has 1 heterocycles. The summed E-state index contributed by atoms with van der Waals surface area (Å²) in [4.78, 5) is 40.7. The van der Waals surface area contributed by atoms with E-state index in [4.69, 9.17) is 0 Å².